The second kappa shape index (κ2) is 7.53. The van der Waals surface area contributed by atoms with E-state index in [0.29, 0.717) is 6.04 Å². The zero-order chi connectivity index (χ0) is 18.0. The van der Waals surface area contributed by atoms with Gasteiger partial charge in [-0.05, 0) is 49.9 Å². The summed E-state index contributed by atoms with van der Waals surface area (Å²) in [6.07, 6.45) is 4.94. The first-order chi connectivity index (χ1) is 12.7. The lowest BCUT2D eigenvalue weighted by atomic mass is 9.96. The highest BCUT2D eigenvalue weighted by atomic mass is 19.1. The molecule has 3 fully saturated rings. The van der Waals surface area contributed by atoms with Crippen LogP contribution in [-0.4, -0.2) is 62.8 Å². The van der Waals surface area contributed by atoms with Crippen molar-refractivity contribution in [2.24, 2.45) is 4.99 Å². The fourth-order valence-electron chi connectivity index (χ4n) is 4.23. The maximum atomic E-state index is 13.5. The highest BCUT2D eigenvalue weighted by Crippen LogP contribution is 2.47. The smallest absolute Gasteiger partial charge is 0.191 e. The minimum atomic E-state index is -0.161. The number of benzene rings is 1. The SMILES string of the molecule is CN=C(NCC1CN2CCCC2CO1)NCC1(c2cccc(F)c2)CC1. The number of nitrogens with zero attached hydrogens (tertiary/aromatic N) is 2. The summed E-state index contributed by atoms with van der Waals surface area (Å²) in [5.41, 5.74) is 1.13. The Morgan fingerprint density at radius 2 is 2.27 bits per heavy atom. The van der Waals surface area contributed by atoms with Crippen LogP contribution in [0.25, 0.3) is 0 Å². The number of aliphatic imine (C=N–C) groups is 1. The molecule has 2 atom stereocenters. The van der Waals surface area contributed by atoms with Crippen LogP contribution in [0, 0.1) is 5.82 Å². The second-order valence-electron chi connectivity index (χ2n) is 7.84. The number of hydrogen-bond donors (Lipinski definition) is 2. The summed E-state index contributed by atoms with van der Waals surface area (Å²) in [4.78, 5) is 6.88. The highest BCUT2D eigenvalue weighted by molar-refractivity contribution is 5.79. The Hall–Kier alpha value is -1.66. The first-order valence-electron chi connectivity index (χ1n) is 9.75. The molecule has 2 unspecified atom stereocenters. The maximum absolute atomic E-state index is 13.5. The van der Waals surface area contributed by atoms with Gasteiger partial charge < -0.3 is 15.4 Å². The largest absolute Gasteiger partial charge is 0.373 e. The van der Waals surface area contributed by atoms with Crippen molar-refractivity contribution in [2.45, 2.75) is 43.2 Å². The van der Waals surface area contributed by atoms with Gasteiger partial charge in [-0.25, -0.2) is 4.39 Å². The van der Waals surface area contributed by atoms with E-state index in [0.717, 1.165) is 50.6 Å². The molecule has 0 amide bonds. The number of nitrogens with one attached hydrogen (secondary N) is 2. The van der Waals surface area contributed by atoms with Crippen LogP contribution in [0.1, 0.15) is 31.2 Å². The van der Waals surface area contributed by atoms with Crippen molar-refractivity contribution in [3.8, 4) is 0 Å². The first kappa shape index (κ1) is 17.7. The molecule has 142 valence electrons. The van der Waals surface area contributed by atoms with Gasteiger partial charge in [0.15, 0.2) is 5.96 Å². The molecule has 0 radical (unpaired) electrons. The minimum absolute atomic E-state index is 0.0455. The van der Waals surface area contributed by atoms with Gasteiger partial charge in [0.05, 0.1) is 12.7 Å². The molecule has 0 aromatic heterocycles. The summed E-state index contributed by atoms with van der Waals surface area (Å²) in [6.45, 7) is 4.59. The lowest BCUT2D eigenvalue weighted by Gasteiger charge is -2.35. The van der Waals surface area contributed by atoms with Gasteiger partial charge in [-0.1, -0.05) is 12.1 Å². The summed E-state index contributed by atoms with van der Waals surface area (Å²) in [5, 5.41) is 6.82. The normalized spacial score (nSPS) is 27.8. The van der Waals surface area contributed by atoms with Gasteiger partial charge in [0.2, 0.25) is 0 Å². The van der Waals surface area contributed by atoms with Gasteiger partial charge in [-0.3, -0.25) is 9.89 Å². The van der Waals surface area contributed by atoms with Crippen LogP contribution in [0.15, 0.2) is 29.3 Å². The van der Waals surface area contributed by atoms with Crippen LogP contribution in [0.3, 0.4) is 0 Å². The third kappa shape index (κ3) is 3.86. The maximum Gasteiger partial charge on any atom is 0.191 e. The fourth-order valence-corrected chi connectivity index (χ4v) is 4.23. The second-order valence-corrected chi connectivity index (χ2v) is 7.84. The Labute approximate surface area is 155 Å². The zero-order valence-electron chi connectivity index (χ0n) is 15.5. The lowest BCUT2D eigenvalue weighted by Crippen LogP contribution is -2.51. The minimum Gasteiger partial charge on any atom is -0.373 e. The molecule has 3 aliphatic rings. The predicted molar refractivity (Wildman–Crippen MR) is 101 cm³/mol. The van der Waals surface area contributed by atoms with E-state index in [1.807, 2.05) is 6.07 Å². The zero-order valence-corrected chi connectivity index (χ0v) is 15.5. The summed E-state index contributed by atoms with van der Waals surface area (Å²) in [6, 6.07) is 7.61. The van der Waals surface area contributed by atoms with Crippen molar-refractivity contribution in [3.05, 3.63) is 35.6 Å². The van der Waals surface area contributed by atoms with E-state index in [4.69, 9.17) is 4.74 Å². The number of guanidine groups is 1. The molecule has 1 saturated carbocycles. The van der Waals surface area contributed by atoms with Crippen molar-refractivity contribution in [1.82, 2.24) is 15.5 Å². The highest BCUT2D eigenvalue weighted by Gasteiger charge is 2.44. The molecule has 4 rings (SSSR count). The van der Waals surface area contributed by atoms with Crippen LogP contribution >= 0.6 is 0 Å². The molecule has 2 saturated heterocycles. The van der Waals surface area contributed by atoms with Crippen molar-refractivity contribution in [3.63, 3.8) is 0 Å². The van der Waals surface area contributed by atoms with Gasteiger partial charge in [0.1, 0.15) is 5.82 Å². The van der Waals surface area contributed by atoms with Crippen molar-refractivity contribution < 1.29 is 9.13 Å². The summed E-state index contributed by atoms with van der Waals surface area (Å²) in [5.74, 6) is 0.630. The number of fused-ring (bicyclic) bond motifs is 1. The number of hydrogen-bond acceptors (Lipinski definition) is 3. The van der Waals surface area contributed by atoms with Crippen LogP contribution in [0.5, 0.6) is 0 Å². The molecule has 2 aliphatic heterocycles. The summed E-state index contributed by atoms with van der Waals surface area (Å²) >= 11 is 0. The quantitative estimate of drug-likeness (QED) is 0.622. The van der Waals surface area contributed by atoms with Crippen molar-refractivity contribution >= 4 is 5.96 Å². The molecule has 2 heterocycles. The molecule has 2 N–H and O–H groups in total. The number of ether oxygens (including phenoxy) is 1. The third-order valence-corrected chi connectivity index (χ3v) is 6.07. The van der Waals surface area contributed by atoms with Crippen LogP contribution < -0.4 is 10.6 Å². The molecule has 0 spiro atoms. The van der Waals surface area contributed by atoms with Gasteiger partial charge in [0, 0.05) is 38.1 Å². The number of rotatable bonds is 5. The average Bonchev–Trinajstić information content (AvgIpc) is 3.31. The molecular formula is C20H29FN4O. The van der Waals surface area contributed by atoms with Gasteiger partial charge in [0.25, 0.3) is 0 Å². The molecule has 5 nitrogen and oxygen atoms in total. The monoisotopic (exact) mass is 360 g/mol. The molecule has 6 heteroatoms. The Balaban J connectivity index is 1.26. The van der Waals surface area contributed by atoms with E-state index in [1.54, 1.807) is 19.2 Å². The van der Waals surface area contributed by atoms with Gasteiger partial charge in [-0.2, -0.15) is 0 Å². The third-order valence-electron chi connectivity index (χ3n) is 6.07. The van der Waals surface area contributed by atoms with E-state index < -0.39 is 0 Å². The Kier molecular flexibility index (Phi) is 5.14. The molecule has 26 heavy (non-hydrogen) atoms. The molecule has 0 bridgehead atoms. The standard InChI is InChI=1S/C20H29FN4O/c1-22-19(23-11-18-12-25-9-3-6-17(25)13-26-18)24-14-20(7-8-20)15-4-2-5-16(21)10-15/h2,4-5,10,17-18H,3,6-9,11-14H2,1H3,(H2,22,23,24). The van der Waals surface area contributed by atoms with Gasteiger partial charge in [-0.15, -0.1) is 0 Å². The average molecular weight is 360 g/mol. The van der Waals surface area contributed by atoms with Gasteiger partial charge >= 0.3 is 0 Å². The van der Waals surface area contributed by atoms with Crippen LogP contribution in [-0.2, 0) is 10.2 Å². The molecule has 1 aromatic carbocycles. The van der Waals surface area contributed by atoms with E-state index >= 15 is 0 Å². The van der Waals surface area contributed by atoms with Crippen LogP contribution in [0.4, 0.5) is 4.39 Å². The van der Waals surface area contributed by atoms with E-state index in [1.165, 1.54) is 25.5 Å². The summed E-state index contributed by atoms with van der Waals surface area (Å²) in [7, 11) is 1.79. The Morgan fingerprint density at radius 1 is 1.38 bits per heavy atom. The Bertz CT molecular complexity index is 661. The lowest BCUT2D eigenvalue weighted by molar-refractivity contribution is -0.0453. The fraction of sp³-hybridized carbons (Fsp3) is 0.650. The first-order valence-corrected chi connectivity index (χ1v) is 9.75. The van der Waals surface area contributed by atoms with Crippen LogP contribution in [0.2, 0.25) is 0 Å². The van der Waals surface area contributed by atoms with E-state index in [2.05, 4.69) is 20.5 Å². The van der Waals surface area contributed by atoms with Crippen molar-refractivity contribution in [2.75, 3.05) is 39.8 Å². The number of halogens is 1. The topological polar surface area (TPSA) is 48.9 Å². The number of morpholine rings is 1. The molecular weight excluding hydrogens is 331 g/mol. The predicted octanol–water partition coefficient (Wildman–Crippen LogP) is 1.89. The molecule has 1 aliphatic carbocycles. The van der Waals surface area contributed by atoms with E-state index in [-0.39, 0.29) is 17.3 Å². The summed E-state index contributed by atoms with van der Waals surface area (Å²) < 4.78 is 19.5. The van der Waals surface area contributed by atoms with E-state index in [9.17, 15) is 4.39 Å². The Morgan fingerprint density at radius 3 is 3.04 bits per heavy atom. The molecule has 1 aromatic rings. The van der Waals surface area contributed by atoms with Crippen molar-refractivity contribution in [1.29, 1.82) is 0 Å².